The highest BCUT2D eigenvalue weighted by Crippen LogP contribution is 2.35. The molecule has 0 fully saturated rings. The molecule has 1 aromatic carbocycles. The van der Waals surface area contributed by atoms with Gasteiger partial charge in [0.15, 0.2) is 5.01 Å². The number of benzene rings is 1. The Balaban J connectivity index is 2.02. The Morgan fingerprint density at radius 2 is 2.06 bits per heavy atom. The molecule has 0 bridgehead atoms. The maximum Gasteiger partial charge on any atom is 0.157 e. The number of rotatable bonds is 3. The van der Waals surface area contributed by atoms with Gasteiger partial charge < -0.3 is 0 Å². The largest absolute Gasteiger partial charge is 0.207 e. The van der Waals surface area contributed by atoms with Crippen molar-refractivity contribution >= 4 is 44.4 Å². The van der Waals surface area contributed by atoms with Gasteiger partial charge in [-0.1, -0.05) is 17.4 Å². The average molecular weight is 299 g/mol. The van der Waals surface area contributed by atoms with Gasteiger partial charge in [-0.3, -0.25) is 0 Å². The molecule has 0 amide bonds. The van der Waals surface area contributed by atoms with Crippen molar-refractivity contribution in [2.45, 2.75) is 6.42 Å². The van der Waals surface area contributed by atoms with Crippen molar-refractivity contribution in [2.24, 2.45) is 0 Å². The molecule has 0 aliphatic heterocycles. The van der Waals surface area contributed by atoms with Crippen LogP contribution in [0.25, 0.3) is 20.0 Å². The van der Waals surface area contributed by atoms with Crippen molar-refractivity contribution in [2.75, 3.05) is 5.88 Å². The number of nitrogens with zero attached hydrogens (tertiary/aromatic N) is 2. The average Bonchev–Trinajstić information content (AvgIpc) is 2.94. The summed E-state index contributed by atoms with van der Waals surface area (Å²) in [5.74, 6) is 0.336. The van der Waals surface area contributed by atoms with Gasteiger partial charge in [-0.15, -0.1) is 33.1 Å². The highest BCUT2D eigenvalue weighted by Gasteiger charge is 2.10. The summed E-state index contributed by atoms with van der Waals surface area (Å²) in [4.78, 5) is 1.02. The van der Waals surface area contributed by atoms with Crippen LogP contribution in [0.1, 0.15) is 5.01 Å². The lowest BCUT2D eigenvalue weighted by Crippen LogP contribution is -1.82. The zero-order chi connectivity index (χ0) is 12.5. The molecule has 0 N–H and O–H groups in total. The molecule has 92 valence electrons. The summed E-state index contributed by atoms with van der Waals surface area (Å²) >= 11 is 8.74. The minimum Gasteiger partial charge on any atom is -0.207 e. The molecule has 0 unspecified atom stereocenters. The van der Waals surface area contributed by atoms with E-state index in [4.69, 9.17) is 11.6 Å². The zero-order valence-corrected chi connectivity index (χ0v) is 11.6. The number of aromatic nitrogens is 2. The number of alkyl halides is 1. The van der Waals surface area contributed by atoms with Crippen molar-refractivity contribution < 1.29 is 4.39 Å². The third-order valence-electron chi connectivity index (χ3n) is 2.47. The first kappa shape index (κ1) is 12.0. The van der Waals surface area contributed by atoms with E-state index in [1.54, 1.807) is 12.1 Å². The highest BCUT2D eigenvalue weighted by atomic mass is 35.5. The van der Waals surface area contributed by atoms with E-state index in [1.807, 2.05) is 6.07 Å². The van der Waals surface area contributed by atoms with Crippen LogP contribution in [0, 0.1) is 5.82 Å². The van der Waals surface area contributed by atoms with E-state index in [9.17, 15) is 4.39 Å². The lowest BCUT2D eigenvalue weighted by molar-refractivity contribution is 0.630. The fourth-order valence-corrected chi connectivity index (χ4v) is 3.90. The van der Waals surface area contributed by atoms with Crippen LogP contribution in [0.3, 0.4) is 0 Å². The van der Waals surface area contributed by atoms with Gasteiger partial charge in [-0.25, -0.2) is 4.39 Å². The Morgan fingerprint density at radius 3 is 2.89 bits per heavy atom. The van der Waals surface area contributed by atoms with E-state index in [1.165, 1.54) is 28.7 Å². The summed E-state index contributed by atoms with van der Waals surface area (Å²) in [6.07, 6.45) is 0.735. The Labute approximate surface area is 116 Å². The second-order valence-corrected chi connectivity index (χ2v) is 6.26. The summed E-state index contributed by atoms with van der Waals surface area (Å²) in [6.45, 7) is 0. The molecule has 6 heteroatoms. The topological polar surface area (TPSA) is 25.8 Å². The van der Waals surface area contributed by atoms with E-state index in [2.05, 4.69) is 10.2 Å². The Hall–Kier alpha value is -1.04. The van der Waals surface area contributed by atoms with Crippen molar-refractivity contribution in [1.82, 2.24) is 10.2 Å². The predicted octanol–water partition coefficient (Wildman–Crippen LogP) is 4.34. The lowest BCUT2D eigenvalue weighted by atomic mass is 10.2. The van der Waals surface area contributed by atoms with Crippen molar-refractivity contribution in [3.05, 3.63) is 35.1 Å². The molecule has 3 rings (SSSR count). The van der Waals surface area contributed by atoms with Gasteiger partial charge >= 0.3 is 0 Å². The first-order chi connectivity index (χ1) is 8.76. The molecule has 2 aromatic heterocycles. The number of hydrogen-bond donors (Lipinski definition) is 0. The molecule has 18 heavy (non-hydrogen) atoms. The summed E-state index contributed by atoms with van der Waals surface area (Å²) in [7, 11) is 0. The van der Waals surface area contributed by atoms with Crippen LogP contribution in [0.5, 0.6) is 0 Å². The summed E-state index contributed by atoms with van der Waals surface area (Å²) < 4.78 is 14.0. The molecule has 2 heterocycles. The molecular formula is C12H8ClFN2S2. The zero-order valence-electron chi connectivity index (χ0n) is 9.19. The molecule has 0 spiro atoms. The highest BCUT2D eigenvalue weighted by molar-refractivity contribution is 7.25. The summed E-state index contributed by atoms with van der Waals surface area (Å²) in [5.41, 5.74) is 0. The SMILES string of the molecule is Fc1ccc2cc(-c3nnc(CCCl)s3)sc2c1. The Kier molecular flexibility index (Phi) is 3.28. The Morgan fingerprint density at radius 1 is 1.17 bits per heavy atom. The van der Waals surface area contributed by atoms with E-state index >= 15 is 0 Å². The van der Waals surface area contributed by atoms with Gasteiger partial charge in [0.1, 0.15) is 10.8 Å². The number of aryl methyl sites for hydroxylation is 1. The molecule has 2 nitrogen and oxygen atoms in total. The lowest BCUT2D eigenvalue weighted by Gasteiger charge is -1.86. The van der Waals surface area contributed by atoms with Crippen LogP contribution in [0.4, 0.5) is 4.39 Å². The molecular weight excluding hydrogens is 291 g/mol. The smallest absolute Gasteiger partial charge is 0.157 e. The molecule has 0 atom stereocenters. The molecule has 3 aromatic rings. The standard InChI is InChI=1S/C12H8ClFN2S2/c13-4-3-11-15-16-12(18-11)10-5-7-1-2-8(14)6-9(7)17-10/h1-2,5-6H,3-4H2. The maximum absolute atomic E-state index is 13.1. The van der Waals surface area contributed by atoms with Gasteiger partial charge in [0.2, 0.25) is 0 Å². The van der Waals surface area contributed by atoms with Crippen LogP contribution in [-0.2, 0) is 6.42 Å². The van der Waals surface area contributed by atoms with Gasteiger partial charge in [0.25, 0.3) is 0 Å². The van der Waals surface area contributed by atoms with Gasteiger partial charge in [0.05, 0.1) is 4.88 Å². The number of hydrogen-bond acceptors (Lipinski definition) is 4. The molecule has 0 saturated heterocycles. The van der Waals surface area contributed by atoms with Crippen LogP contribution >= 0.6 is 34.3 Å². The molecule has 0 radical (unpaired) electrons. The monoisotopic (exact) mass is 298 g/mol. The summed E-state index contributed by atoms with van der Waals surface area (Å²) in [5, 5.41) is 11.1. The summed E-state index contributed by atoms with van der Waals surface area (Å²) in [6, 6.07) is 6.82. The fraction of sp³-hybridized carbons (Fsp3) is 0.167. The molecule has 0 aliphatic rings. The van der Waals surface area contributed by atoms with Gasteiger partial charge in [-0.05, 0) is 23.6 Å². The van der Waals surface area contributed by atoms with Crippen LogP contribution in [0.15, 0.2) is 24.3 Å². The first-order valence-electron chi connectivity index (χ1n) is 5.34. The fourth-order valence-electron chi connectivity index (χ4n) is 1.65. The maximum atomic E-state index is 13.1. The van der Waals surface area contributed by atoms with E-state index < -0.39 is 0 Å². The third-order valence-corrected chi connectivity index (χ3v) is 4.91. The third kappa shape index (κ3) is 2.25. The minimum absolute atomic E-state index is 0.212. The Bertz CT molecular complexity index is 692. The van der Waals surface area contributed by atoms with Gasteiger partial charge in [-0.2, -0.15) is 0 Å². The second-order valence-electron chi connectivity index (χ2n) is 3.73. The second kappa shape index (κ2) is 4.91. The number of fused-ring (bicyclic) bond motifs is 1. The van der Waals surface area contributed by atoms with Crippen LogP contribution in [0.2, 0.25) is 0 Å². The van der Waals surface area contributed by atoms with Crippen LogP contribution < -0.4 is 0 Å². The van der Waals surface area contributed by atoms with Gasteiger partial charge in [0, 0.05) is 17.0 Å². The van der Waals surface area contributed by atoms with E-state index in [0.29, 0.717) is 5.88 Å². The first-order valence-corrected chi connectivity index (χ1v) is 7.51. The van der Waals surface area contributed by atoms with E-state index in [-0.39, 0.29) is 5.82 Å². The normalized spacial score (nSPS) is 11.2. The molecule has 0 aliphatic carbocycles. The number of halogens is 2. The van der Waals surface area contributed by atoms with E-state index in [0.717, 1.165) is 31.4 Å². The number of thiophene rings is 1. The van der Waals surface area contributed by atoms with Crippen LogP contribution in [-0.4, -0.2) is 16.1 Å². The van der Waals surface area contributed by atoms with Crippen molar-refractivity contribution in [1.29, 1.82) is 0 Å². The van der Waals surface area contributed by atoms with Crippen molar-refractivity contribution in [3.8, 4) is 9.88 Å². The minimum atomic E-state index is -0.212. The van der Waals surface area contributed by atoms with Crippen molar-refractivity contribution in [3.63, 3.8) is 0 Å². The molecule has 0 saturated carbocycles. The quantitative estimate of drug-likeness (QED) is 0.672. The predicted molar refractivity (Wildman–Crippen MR) is 75.1 cm³/mol.